The molecule has 0 unspecified atom stereocenters. The van der Waals surface area contributed by atoms with Gasteiger partial charge in [0.1, 0.15) is 5.69 Å². The predicted octanol–water partition coefficient (Wildman–Crippen LogP) is 3.80. The van der Waals surface area contributed by atoms with Crippen molar-refractivity contribution in [2.75, 3.05) is 18.0 Å². The van der Waals surface area contributed by atoms with Gasteiger partial charge in [0.05, 0.1) is 4.92 Å². The number of fused-ring (bicyclic) bond motifs is 1. The van der Waals surface area contributed by atoms with Gasteiger partial charge in [-0.15, -0.1) is 0 Å². The monoisotopic (exact) mass is 306 g/mol. The lowest BCUT2D eigenvalue weighted by Gasteiger charge is -2.24. The second-order valence-corrected chi connectivity index (χ2v) is 5.84. The number of nitro groups is 1. The van der Waals surface area contributed by atoms with Gasteiger partial charge in [0.25, 0.3) is 0 Å². The molecule has 21 heavy (non-hydrogen) atoms. The fourth-order valence-electron chi connectivity index (χ4n) is 2.48. The summed E-state index contributed by atoms with van der Waals surface area (Å²) in [5.74, 6) is 0. The van der Waals surface area contributed by atoms with Crippen molar-refractivity contribution in [3.8, 4) is 0 Å². The molecule has 2 aromatic rings. The molecule has 0 N–H and O–H groups in total. The number of hydrogen-bond acceptors (Lipinski definition) is 5. The van der Waals surface area contributed by atoms with Crippen LogP contribution in [0.15, 0.2) is 29.1 Å². The Bertz CT molecular complexity index is 706. The van der Waals surface area contributed by atoms with E-state index in [1.807, 2.05) is 43.0 Å². The van der Waals surface area contributed by atoms with E-state index in [1.165, 1.54) is 0 Å². The molecule has 0 saturated heterocycles. The van der Waals surface area contributed by atoms with Crippen molar-refractivity contribution in [1.29, 1.82) is 0 Å². The average Bonchev–Trinajstić information content (AvgIpc) is 2.45. The largest absolute Gasteiger partial charge is 0.365 e. The van der Waals surface area contributed by atoms with Gasteiger partial charge in [-0.1, -0.05) is 43.4 Å². The summed E-state index contributed by atoms with van der Waals surface area (Å²) in [5, 5.41) is 12.2. The van der Waals surface area contributed by atoms with Crippen molar-refractivity contribution in [2.24, 2.45) is 0 Å². The lowest BCUT2D eigenvalue weighted by molar-refractivity contribution is -0.384. The standard InChI is InChI=1S/C15H18N2O3S/c1-3-9-16(10-4-2)13-11-7-5-6-8-12(11)21-15(18)14(13)17(19)20/h5-8H,3-4,9-10H2,1-2H3. The molecule has 112 valence electrons. The lowest BCUT2D eigenvalue weighted by Crippen LogP contribution is -2.27. The zero-order chi connectivity index (χ0) is 15.4. The fourth-order valence-corrected chi connectivity index (χ4v) is 3.37. The molecule has 0 fully saturated rings. The smallest absolute Gasteiger partial charge is 0.350 e. The van der Waals surface area contributed by atoms with Gasteiger partial charge < -0.3 is 4.90 Å². The van der Waals surface area contributed by atoms with E-state index in [-0.39, 0.29) is 5.69 Å². The van der Waals surface area contributed by atoms with Gasteiger partial charge in [0.15, 0.2) is 0 Å². The number of benzene rings is 1. The highest BCUT2D eigenvalue weighted by Gasteiger charge is 2.26. The summed E-state index contributed by atoms with van der Waals surface area (Å²) in [5.41, 5.74) is 0.184. The van der Waals surface area contributed by atoms with Crippen LogP contribution in [0, 0.1) is 10.1 Å². The summed E-state index contributed by atoms with van der Waals surface area (Å²) in [6.07, 6.45) is 1.75. The predicted molar refractivity (Wildman–Crippen MR) is 87.5 cm³/mol. The van der Waals surface area contributed by atoms with Crippen LogP contribution in [0.1, 0.15) is 26.7 Å². The molecule has 1 aromatic heterocycles. The van der Waals surface area contributed by atoms with Gasteiger partial charge in [-0.05, 0) is 18.9 Å². The van der Waals surface area contributed by atoms with E-state index in [4.69, 9.17) is 0 Å². The molecule has 0 amide bonds. The van der Waals surface area contributed by atoms with Crippen molar-refractivity contribution < 1.29 is 4.92 Å². The van der Waals surface area contributed by atoms with Crippen LogP contribution in [-0.2, 0) is 0 Å². The third-order valence-corrected chi connectivity index (χ3v) is 4.20. The molecule has 0 radical (unpaired) electrons. The normalized spacial score (nSPS) is 10.8. The minimum atomic E-state index is -0.543. The molecular weight excluding hydrogens is 288 g/mol. The first-order valence-corrected chi connectivity index (χ1v) is 7.87. The van der Waals surface area contributed by atoms with E-state index >= 15 is 0 Å². The summed E-state index contributed by atoms with van der Waals surface area (Å²) in [7, 11) is 0. The molecule has 1 aromatic carbocycles. The number of nitrogens with zero attached hydrogens (tertiary/aromatic N) is 2. The minimum absolute atomic E-state index is 0.291. The number of anilines is 1. The fraction of sp³-hybridized carbons (Fsp3) is 0.400. The maximum atomic E-state index is 12.2. The number of hydrogen-bond donors (Lipinski definition) is 0. The van der Waals surface area contributed by atoms with E-state index in [9.17, 15) is 14.9 Å². The van der Waals surface area contributed by atoms with Crippen molar-refractivity contribution in [1.82, 2.24) is 0 Å². The first kappa shape index (κ1) is 15.4. The Kier molecular flexibility index (Phi) is 4.90. The van der Waals surface area contributed by atoms with Gasteiger partial charge in [0, 0.05) is 23.2 Å². The third kappa shape index (κ3) is 3.05. The molecule has 0 spiro atoms. The summed E-state index contributed by atoms with van der Waals surface area (Å²) in [4.78, 5) is 25.0. The van der Waals surface area contributed by atoms with Crippen LogP contribution in [0.4, 0.5) is 11.4 Å². The molecule has 0 aliphatic heterocycles. The van der Waals surface area contributed by atoms with Crippen molar-refractivity contribution >= 4 is 32.8 Å². The van der Waals surface area contributed by atoms with Gasteiger partial charge in [0.2, 0.25) is 0 Å². The zero-order valence-corrected chi connectivity index (χ0v) is 13.0. The molecule has 0 saturated carbocycles. The topological polar surface area (TPSA) is 63.4 Å². The van der Waals surface area contributed by atoms with Crippen molar-refractivity contribution in [3.63, 3.8) is 0 Å². The quantitative estimate of drug-likeness (QED) is 0.601. The molecule has 6 heteroatoms. The highest BCUT2D eigenvalue weighted by molar-refractivity contribution is 7.16. The SMILES string of the molecule is CCCN(CCC)c1c([N+](=O)[O-])c(=O)sc2ccccc12. The molecule has 0 bridgehead atoms. The Hall–Kier alpha value is -1.95. The molecule has 2 rings (SSSR count). The van der Waals surface area contributed by atoms with E-state index in [0.29, 0.717) is 18.8 Å². The van der Waals surface area contributed by atoms with Crippen molar-refractivity contribution in [3.05, 3.63) is 43.9 Å². The zero-order valence-electron chi connectivity index (χ0n) is 12.2. The van der Waals surface area contributed by atoms with E-state index in [0.717, 1.165) is 34.3 Å². The minimum Gasteiger partial charge on any atom is -0.365 e. The summed E-state index contributed by atoms with van der Waals surface area (Å²) < 4.78 is 0.311. The third-order valence-electron chi connectivity index (χ3n) is 3.25. The Balaban J connectivity index is 2.80. The average molecular weight is 306 g/mol. The first-order valence-electron chi connectivity index (χ1n) is 7.05. The van der Waals surface area contributed by atoms with E-state index < -0.39 is 9.67 Å². The summed E-state index contributed by atoms with van der Waals surface area (Å²) in [6, 6.07) is 7.39. The molecule has 5 nitrogen and oxygen atoms in total. The van der Waals surface area contributed by atoms with Gasteiger partial charge in [-0.2, -0.15) is 0 Å². The highest BCUT2D eigenvalue weighted by Crippen LogP contribution is 2.35. The molecule has 0 aliphatic carbocycles. The Morgan fingerprint density at radius 1 is 1.19 bits per heavy atom. The van der Waals surface area contributed by atoms with Crippen LogP contribution in [0.3, 0.4) is 0 Å². The van der Waals surface area contributed by atoms with E-state index in [1.54, 1.807) is 0 Å². The van der Waals surface area contributed by atoms with Gasteiger partial charge in [-0.25, -0.2) is 0 Å². The summed E-state index contributed by atoms with van der Waals surface area (Å²) >= 11 is 0.941. The first-order chi connectivity index (χ1) is 10.1. The molecule has 0 aliphatic rings. The highest BCUT2D eigenvalue weighted by atomic mass is 32.1. The van der Waals surface area contributed by atoms with Gasteiger partial charge in [-0.3, -0.25) is 14.9 Å². The second-order valence-electron chi connectivity index (χ2n) is 4.83. The Labute approximate surface area is 127 Å². The second kappa shape index (κ2) is 6.67. The van der Waals surface area contributed by atoms with Crippen LogP contribution in [0.5, 0.6) is 0 Å². The number of rotatable bonds is 6. The van der Waals surface area contributed by atoms with E-state index in [2.05, 4.69) is 0 Å². The van der Waals surface area contributed by atoms with Crippen LogP contribution < -0.4 is 9.64 Å². The molecule has 0 atom stereocenters. The maximum Gasteiger partial charge on any atom is 0.350 e. The Morgan fingerprint density at radius 3 is 2.38 bits per heavy atom. The van der Waals surface area contributed by atoms with Crippen LogP contribution >= 0.6 is 11.3 Å². The lowest BCUT2D eigenvalue weighted by atomic mass is 10.1. The molecular formula is C15H18N2O3S. The van der Waals surface area contributed by atoms with Crippen LogP contribution in [-0.4, -0.2) is 18.0 Å². The molecule has 1 heterocycles. The van der Waals surface area contributed by atoms with Crippen LogP contribution in [0.2, 0.25) is 0 Å². The summed E-state index contributed by atoms with van der Waals surface area (Å²) in [6.45, 7) is 5.46. The van der Waals surface area contributed by atoms with Crippen molar-refractivity contribution in [2.45, 2.75) is 26.7 Å². The maximum absolute atomic E-state index is 12.2. The van der Waals surface area contributed by atoms with Gasteiger partial charge >= 0.3 is 10.4 Å². The Morgan fingerprint density at radius 2 is 1.81 bits per heavy atom. The van der Waals surface area contributed by atoms with Crippen LogP contribution in [0.25, 0.3) is 10.1 Å².